The number of benzene rings is 4. The Kier molecular flexibility index (Phi) is 16.5. The minimum atomic E-state index is -3.33. The van der Waals surface area contributed by atoms with E-state index < -0.39 is 15.2 Å². The van der Waals surface area contributed by atoms with E-state index in [4.69, 9.17) is 13.8 Å². The summed E-state index contributed by atoms with van der Waals surface area (Å²) in [7, 11) is 0.672. The number of esters is 1. The van der Waals surface area contributed by atoms with Crippen LogP contribution in [-0.4, -0.2) is 60.1 Å². The molecule has 0 spiro atoms. The molecular weight excluding hydrogens is 626 g/mol. The van der Waals surface area contributed by atoms with Gasteiger partial charge in [0.15, 0.2) is 5.78 Å². The first-order valence-electron chi connectivity index (χ1n) is 14.2. The van der Waals surface area contributed by atoms with Crippen LogP contribution in [0, 0.1) is 0 Å². The monoisotopic (exact) mass is 668 g/mol. The highest BCUT2D eigenvalue weighted by molar-refractivity contribution is 7.54. The Balaban J connectivity index is 0.000000271. The molecule has 0 heterocycles. The summed E-state index contributed by atoms with van der Waals surface area (Å²) in [6, 6.07) is 35.1. The molecule has 0 saturated carbocycles. The second-order valence-electron chi connectivity index (χ2n) is 9.91. The van der Waals surface area contributed by atoms with Crippen molar-refractivity contribution in [2.45, 2.75) is 12.8 Å². The van der Waals surface area contributed by atoms with Crippen LogP contribution in [0.1, 0.15) is 43.0 Å². The van der Waals surface area contributed by atoms with Gasteiger partial charge in [0.25, 0.3) is 0 Å². The van der Waals surface area contributed by atoms with Gasteiger partial charge in [-0.3, -0.25) is 13.9 Å². The fourth-order valence-corrected chi connectivity index (χ4v) is 5.08. The van der Waals surface area contributed by atoms with Crippen LogP contribution in [0.3, 0.4) is 0 Å². The number of hydrogen-bond acceptors (Lipinski definition) is 9. The van der Waals surface area contributed by atoms with Crippen LogP contribution in [0.5, 0.6) is 0 Å². The molecule has 0 aliphatic heterocycles. The van der Waals surface area contributed by atoms with E-state index in [0.29, 0.717) is 11.1 Å². The highest BCUT2D eigenvalue weighted by Gasteiger charge is 2.26. The van der Waals surface area contributed by atoms with Gasteiger partial charge in [-0.15, -0.1) is 0 Å². The molecule has 11 heteroatoms. The Bertz CT molecular complexity index is 1590. The second kappa shape index (κ2) is 19.7. The first kappa shape index (κ1) is 38.5. The summed E-state index contributed by atoms with van der Waals surface area (Å²) in [5, 5.41) is 0. The number of ether oxygens (including phenoxy) is 1. The topological polar surface area (TPSA) is 114 Å². The lowest BCUT2D eigenvalue weighted by Gasteiger charge is -2.12. The molecule has 4 aromatic carbocycles. The number of carbonyl (C=O) groups excluding carboxylic acids is 2. The molecule has 0 aliphatic carbocycles. The van der Waals surface area contributed by atoms with Gasteiger partial charge < -0.3 is 22.8 Å². The third-order valence-corrected chi connectivity index (χ3v) is 9.77. The first-order valence-corrected chi connectivity index (χ1v) is 18.0. The van der Waals surface area contributed by atoms with Crippen molar-refractivity contribution in [3.8, 4) is 0 Å². The first-order chi connectivity index (χ1) is 22.0. The lowest BCUT2D eigenvalue weighted by atomic mass is 10.0. The van der Waals surface area contributed by atoms with Crippen LogP contribution >= 0.6 is 15.2 Å². The van der Waals surface area contributed by atoms with Gasteiger partial charge in [0.2, 0.25) is 0 Å². The second-order valence-corrected chi connectivity index (χ2v) is 14.5. The molecule has 0 amide bonds. The number of rotatable bonds is 12. The summed E-state index contributed by atoms with van der Waals surface area (Å²) in [5.74, 6) is -0.540. The lowest BCUT2D eigenvalue weighted by Crippen LogP contribution is -2.08. The van der Waals surface area contributed by atoms with E-state index in [2.05, 4.69) is 21.2 Å². The van der Waals surface area contributed by atoms with E-state index >= 15 is 0 Å². The molecule has 46 heavy (non-hydrogen) atoms. The smallest absolute Gasteiger partial charge is 0.337 e. The van der Waals surface area contributed by atoms with Gasteiger partial charge in [0.1, 0.15) is 6.16 Å². The third-order valence-electron chi connectivity index (χ3n) is 6.66. The number of carbonyl (C=O) groups is 2. The number of hydrogen-bond donors (Lipinski definition) is 0. The molecule has 4 rings (SSSR count). The minimum Gasteiger partial charge on any atom is -0.465 e. The Morgan fingerprint density at radius 1 is 0.543 bits per heavy atom. The molecule has 0 atom stereocenters. The van der Waals surface area contributed by atoms with Crippen LogP contribution < -0.4 is 0 Å². The van der Waals surface area contributed by atoms with Crippen LogP contribution in [0.4, 0.5) is 0 Å². The van der Waals surface area contributed by atoms with E-state index in [-0.39, 0.29) is 17.9 Å². The predicted molar refractivity (Wildman–Crippen MR) is 181 cm³/mol. The van der Waals surface area contributed by atoms with Gasteiger partial charge >= 0.3 is 21.2 Å². The average molecular weight is 669 g/mol. The molecule has 0 fully saturated rings. The standard InChI is InChI=1S/C17H19O4P.C15H14O2.C3H9O3P/c1-20-22(19,21-2)13-17(18)16-10-6-9-15(12-16)11-14-7-4-3-5-8-14;1-17-15(16)14-9-5-8-13(11-14)10-12-6-3-2-4-7-12;1-5-7(3,4)6-2/h3-10,12H,11,13H2,1-2H3;2-9,11H,10H2,1H3;1-3H3. The largest absolute Gasteiger partial charge is 0.465 e. The SMILES string of the molecule is COC(=O)c1cccc(Cc2ccccc2)c1.COP(=O)(CC(=O)c1cccc(Cc2ccccc2)c1)OC.COP(C)(=O)OC. The van der Waals surface area contributed by atoms with E-state index in [1.54, 1.807) is 12.1 Å². The lowest BCUT2D eigenvalue weighted by molar-refractivity contribution is 0.0600. The van der Waals surface area contributed by atoms with Crippen molar-refractivity contribution < 1.29 is 41.6 Å². The van der Waals surface area contributed by atoms with E-state index in [1.165, 1.54) is 53.3 Å². The fraction of sp³-hybridized carbons (Fsp3) is 0.257. The van der Waals surface area contributed by atoms with Crippen LogP contribution in [0.2, 0.25) is 0 Å². The van der Waals surface area contributed by atoms with Gasteiger partial charge in [-0.2, -0.15) is 0 Å². The Morgan fingerprint density at radius 3 is 1.35 bits per heavy atom. The number of methoxy groups -OCH3 is 1. The molecule has 0 saturated heterocycles. The van der Waals surface area contributed by atoms with Crippen LogP contribution in [-0.2, 0) is 44.8 Å². The summed E-state index contributed by atoms with van der Waals surface area (Å²) in [4.78, 5) is 23.6. The molecule has 246 valence electrons. The molecule has 9 nitrogen and oxygen atoms in total. The van der Waals surface area contributed by atoms with Crippen molar-refractivity contribution in [3.63, 3.8) is 0 Å². The summed E-state index contributed by atoms with van der Waals surface area (Å²) >= 11 is 0. The highest BCUT2D eigenvalue weighted by Crippen LogP contribution is 2.46. The van der Waals surface area contributed by atoms with E-state index in [9.17, 15) is 18.7 Å². The summed E-state index contributed by atoms with van der Waals surface area (Å²) in [6.07, 6.45) is 1.31. The normalized spacial score (nSPS) is 10.9. The Labute approximate surface area is 271 Å². The predicted octanol–water partition coefficient (Wildman–Crippen LogP) is 8.11. The molecule has 0 bridgehead atoms. The summed E-state index contributed by atoms with van der Waals surface area (Å²) in [5.41, 5.74) is 5.66. The fourth-order valence-electron chi connectivity index (χ4n) is 3.99. The zero-order chi connectivity index (χ0) is 34.0. The molecule has 0 unspecified atom stereocenters. The maximum absolute atomic E-state index is 12.3. The van der Waals surface area contributed by atoms with Crippen molar-refractivity contribution >= 4 is 26.9 Å². The van der Waals surface area contributed by atoms with Crippen molar-refractivity contribution in [1.29, 1.82) is 0 Å². The Morgan fingerprint density at radius 2 is 0.957 bits per heavy atom. The maximum Gasteiger partial charge on any atom is 0.337 e. The molecule has 0 radical (unpaired) electrons. The van der Waals surface area contributed by atoms with Gasteiger partial charge in [-0.25, -0.2) is 4.79 Å². The van der Waals surface area contributed by atoms with Gasteiger partial charge in [-0.05, 0) is 53.3 Å². The zero-order valence-corrected chi connectivity index (χ0v) is 28.9. The van der Waals surface area contributed by atoms with Crippen molar-refractivity contribution in [2.75, 3.05) is 48.4 Å². The maximum atomic E-state index is 12.3. The number of Topliss-reactive ketones (excluding diaryl/α,β-unsaturated/α-hetero) is 1. The van der Waals surface area contributed by atoms with E-state index in [1.807, 2.05) is 84.9 Å². The minimum absolute atomic E-state index is 0.248. The molecule has 0 N–H and O–H groups in total. The highest BCUT2D eigenvalue weighted by atomic mass is 31.2. The van der Waals surface area contributed by atoms with Gasteiger partial charge in [0, 0.05) is 40.7 Å². The third kappa shape index (κ3) is 13.8. The van der Waals surface area contributed by atoms with Gasteiger partial charge in [-0.1, -0.05) is 91.0 Å². The quantitative estimate of drug-likeness (QED) is 0.0839. The zero-order valence-electron chi connectivity index (χ0n) is 27.1. The Hall–Kier alpha value is -3.68. The number of ketones is 1. The molecule has 0 aliphatic rings. The van der Waals surface area contributed by atoms with Crippen molar-refractivity contribution in [2.24, 2.45) is 0 Å². The average Bonchev–Trinajstić information content (AvgIpc) is 3.09. The van der Waals surface area contributed by atoms with Crippen molar-refractivity contribution in [3.05, 3.63) is 143 Å². The molecular formula is C35H42O9P2. The van der Waals surface area contributed by atoms with Gasteiger partial charge in [0.05, 0.1) is 12.7 Å². The van der Waals surface area contributed by atoms with Crippen molar-refractivity contribution in [1.82, 2.24) is 0 Å². The summed E-state index contributed by atoms with van der Waals surface area (Å²) in [6.45, 7) is 1.41. The molecule has 0 aromatic heterocycles. The van der Waals surface area contributed by atoms with Crippen LogP contribution in [0.15, 0.2) is 109 Å². The van der Waals surface area contributed by atoms with Crippen LogP contribution in [0.25, 0.3) is 0 Å². The molecule has 4 aromatic rings. The summed E-state index contributed by atoms with van der Waals surface area (Å²) < 4.78 is 45.7. The van der Waals surface area contributed by atoms with E-state index in [0.717, 1.165) is 24.0 Å².